The molecule has 0 aliphatic carbocycles. The highest BCUT2D eigenvalue weighted by atomic mass is 32.2. The Labute approximate surface area is 242 Å². The van der Waals surface area contributed by atoms with Gasteiger partial charge in [0.05, 0.1) is 10.6 Å². The SMILES string of the molecule is CC(C)CNC(=O)[C@H](C)N(CCc1ccccc1)C(=O)CN(c1ccc2c(c1)OCCO2)S(=O)(=O)c1ccccc1. The Bertz CT molecular complexity index is 1430. The number of rotatable bonds is 12. The standard InChI is InChI=1S/C31H37N3O6S/c1-23(2)21-32-31(36)24(3)33(17-16-25-10-6-4-7-11-25)30(35)22-34(41(37,38)27-12-8-5-9-13-27)26-14-15-28-29(20-26)40-19-18-39-28/h4-15,20,23-24H,16-19,21-22H2,1-3H3,(H,32,36)/t24-/m0/s1. The zero-order chi connectivity index (χ0) is 29.4. The lowest BCUT2D eigenvalue weighted by atomic mass is 10.1. The summed E-state index contributed by atoms with van der Waals surface area (Å²) in [6, 6.07) is 21.6. The molecule has 0 aromatic heterocycles. The number of anilines is 1. The second-order valence-corrected chi connectivity index (χ2v) is 12.2. The Kier molecular flexibility index (Phi) is 9.88. The normalized spacial score (nSPS) is 13.4. The molecule has 0 radical (unpaired) electrons. The predicted octanol–water partition coefficient (Wildman–Crippen LogP) is 3.89. The van der Waals surface area contributed by atoms with Gasteiger partial charge in [-0.2, -0.15) is 0 Å². The molecule has 3 aromatic rings. The van der Waals surface area contributed by atoms with Gasteiger partial charge >= 0.3 is 0 Å². The summed E-state index contributed by atoms with van der Waals surface area (Å²) < 4.78 is 40.2. The number of sulfonamides is 1. The third kappa shape index (κ3) is 7.58. The molecule has 218 valence electrons. The van der Waals surface area contributed by atoms with Crippen LogP contribution in [0.2, 0.25) is 0 Å². The zero-order valence-electron chi connectivity index (χ0n) is 23.7. The summed E-state index contributed by atoms with van der Waals surface area (Å²) in [4.78, 5) is 28.6. The lowest BCUT2D eigenvalue weighted by Crippen LogP contribution is -2.52. The van der Waals surface area contributed by atoms with Crippen LogP contribution in [0, 0.1) is 5.92 Å². The summed E-state index contributed by atoms with van der Waals surface area (Å²) in [5.41, 5.74) is 1.26. The number of carbonyl (C=O) groups excluding carboxylic acids is 2. The Hall–Kier alpha value is -4.05. The van der Waals surface area contributed by atoms with Gasteiger partial charge in [-0.1, -0.05) is 62.4 Å². The van der Waals surface area contributed by atoms with Gasteiger partial charge in [0.15, 0.2) is 11.5 Å². The number of nitrogens with zero attached hydrogens (tertiary/aromatic N) is 2. The summed E-state index contributed by atoms with van der Waals surface area (Å²) in [6.45, 7) is 6.56. The number of carbonyl (C=O) groups is 2. The fourth-order valence-corrected chi connectivity index (χ4v) is 5.89. The van der Waals surface area contributed by atoms with Gasteiger partial charge in [0.2, 0.25) is 11.8 Å². The topological polar surface area (TPSA) is 105 Å². The molecule has 1 aliphatic heterocycles. The van der Waals surface area contributed by atoms with Crippen LogP contribution >= 0.6 is 0 Å². The largest absolute Gasteiger partial charge is 0.486 e. The fraction of sp³-hybridized carbons (Fsp3) is 0.355. The number of hydrogen-bond acceptors (Lipinski definition) is 6. The van der Waals surface area contributed by atoms with Crippen LogP contribution in [0.1, 0.15) is 26.3 Å². The van der Waals surface area contributed by atoms with Crippen molar-refractivity contribution in [2.45, 2.75) is 38.1 Å². The molecule has 0 spiro atoms. The Morgan fingerprint density at radius 1 is 0.878 bits per heavy atom. The van der Waals surface area contributed by atoms with Crippen molar-refractivity contribution in [1.29, 1.82) is 0 Å². The second kappa shape index (κ2) is 13.5. The van der Waals surface area contributed by atoms with Crippen molar-refractivity contribution in [2.75, 3.05) is 37.2 Å². The zero-order valence-corrected chi connectivity index (χ0v) is 24.5. The molecule has 3 aromatic carbocycles. The number of hydrogen-bond donors (Lipinski definition) is 1. The maximum atomic E-state index is 14.0. The van der Waals surface area contributed by atoms with Crippen LogP contribution < -0.4 is 19.1 Å². The van der Waals surface area contributed by atoms with E-state index in [-0.39, 0.29) is 29.0 Å². The highest BCUT2D eigenvalue weighted by molar-refractivity contribution is 7.92. The number of amides is 2. The number of benzene rings is 3. The van der Waals surface area contributed by atoms with E-state index in [1.165, 1.54) is 17.0 Å². The fourth-order valence-electron chi connectivity index (χ4n) is 4.46. The minimum Gasteiger partial charge on any atom is -0.486 e. The molecule has 1 N–H and O–H groups in total. The Morgan fingerprint density at radius 2 is 1.51 bits per heavy atom. The average Bonchev–Trinajstić information content (AvgIpc) is 2.99. The van der Waals surface area contributed by atoms with E-state index in [0.29, 0.717) is 37.7 Å². The first kappa shape index (κ1) is 29.9. The molecule has 0 bridgehead atoms. The van der Waals surface area contributed by atoms with Gasteiger partial charge in [0.1, 0.15) is 25.8 Å². The van der Waals surface area contributed by atoms with Crippen molar-refractivity contribution in [3.05, 3.63) is 84.4 Å². The van der Waals surface area contributed by atoms with E-state index < -0.39 is 28.5 Å². The minimum absolute atomic E-state index is 0.0428. The summed E-state index contributed by atoms with van der Waals surface area (Å²) in [5.74, 6) is 0.348. The van der Waals surface area contributed by atoms with Crippen molar-refractivity contribution in [3.63, 3.8) is 0 Å². The first-order valence-corrected chi connectivity index (χ1v) is 15.2. The van der Waals surface area contributed by atoms with E-state index in [1.54, 1.807) is 43.3 Å². The smallest absolute Gasteiger partial charge is 0.264 e. The van der Waals surface area contributed by atoms with Gasteiger partial charge in [-0.25, -0.2) is 8.42 Å². The lowest BCUT2D eigenvalue weighted by Gasteiger charge is -2.32. The van der Waals surface area contributed by atoms with E-state index in [2.05, 4.69) is 5.32 Å². The van der Waals surface area contributed by atoms with Crippen molar-refractivity contribution in [1.82, 2.24) is 10.2 Å². The molecule has 41 heavy (non-hydrogen) atoms. The van der Waals surface area contributed by atoms with E-state index in [9.17, 15) is 18.0 Å². The molecule has 4 rings (SSSR count). The lowest BCUT2D eigenvalue weighted by molar-refractivity contribution is -0.138. The van der Waals surface area contributed by atoms with Crippen LogP contribution in [0.25, 0.3) is 0 Å². The predicted molar refractivity (Wildman–Crippen MR) is 158 cm³/mol. The van der Waals surface area contributed by atoms with Gasteiger partial charge in [0.25, 0.3) is 10.0 Å². The molecule has 2 amide bonds. The van der Waals surface area contributed by atoms with Gasteiger partial charge in [-0.05, 0) is 49.1 Å². The molecule has 0 fully saturated rings. The molecular weight excluding hydrogens is 542 g/mol. The van der Waals surface area contributed by atoms with E-state index in [4.69, 9.17) is 9.47 Å². The van der Waals surface area contributed by atoms with E-state index in [1.807, 2.05) is 44.2 Å². The van der Waals surface area contributed by atoms with E-state index >= 15 is 0 Å². The molecular formula is C31H37N3O6S. The molecule has 0 saturated heterocycles. The maximum Gasteiger partial charge on any atom is 0.264 e. The summed E-state index contributed by atoms with van der Waals surface area (Å²) in [6.07, 6.45) is 0.504. The summed E-state index contributed by atoms with van der Waals surface area (Å²) >= 11 is 0. The van der Waals surface area contributed by atoms with Crippen molar-refractivity contribution < 1.29 is 27.5 Å². The average molecular weight is 580 g/mol. The molecule has 9 nitrogen and oxygen atoms in total. The van der Waals surface area contributed by atoms with Crippen molar-refractivity contribution in [2.24, 2.45) is 5.92 Å². The van der Waals surface area contributed by atoms with Crippen LogP contribution in [0.15, 0.2) is 83.8 Å². The van der Waals surface area contributed by atoms with Gasteiger partial charge < -0.3 is 19.7 Å². The Balaban J connectivity index is 1.67. The summed E-state index contributed by atoms with van der Waals surface area (Å²) in [7, 11) is -4.15. The molecule has 1 heterocycles. The molecule has 1 atom stereocenters. The van der Waals surface area contributed by atoms with Crippen molar-refractivity contribution in [3.8, 4) is 11.5 Å². The monoisotopic (exact) mass is 579 g/mol. The van der Waals surface area contributed by atoms with Gasteiger partial charge in [-0.15, -0.1) is 0 Å². The molecule has 0 unspecified atom stereocenters. The van der Waals surface area contributed by atoms with Gasteiger partial charge in [-0.3, -0.25) is 13.9 Å². The van der Waals surface area contributed by atoms with Crippen LogP contribution in [0.5, 0.6) is 11.5 Å². The first-order valence-electron chi connectivity index (χ1n) is 13.8. The van der Waals surface area contributed by atoms with Crippen LogP contribution in [0.3, 0.4) is 0 Å². The third-order valence-electron chi connectivity index (χ3n) is 6.76. The Morgan fingerprint density at radius 3 is 2.17 bits per heavy atom. The van der Waals surface area contributed by atoms with Crippen LogP contribution in [-0.2, 0) is 26.0 Å². The van der Waals surface area contributed by atoms with E-state index in [0.717, 1.165) is 9.87 Å². The minimum atomic E-state index is -4.15. The second-order valence-electron chi connectivity index (χ2n) is 10.3. The summed E-state index contributed by atoms with van der Waals surface area (Å²) in [5, 5.41) is 2.90. The van der Waals surface area contributed by atoms with Crippen LogP contribution in [-0.4, -0.2) is 64.0 Å². The number of ether oxygens (including phenoxy) is 2. The maximum absolute atomic E-state index is 14.0. The molecule has 10 heteroatoms. The van der Waals surface area contributed by atoms with Gasteiger partial charge in [0, 0.05) is 19.2 Å². The number of nitrogens with one attached hydrogen (secondary N) is 1. The first-order chi connectivity index (χ1) is 19.7. The highest BCUT2D eigenvalue weighted by Gasteiger charge is 2.33. The van der Waals surface area contributed by atoms with Crippen molar-refractivity contribution >= 4 is 27.5 Å². The number of fused-ring (bicyclic) bond motifs is 1. The quantitative estimate of drug-likeness (QED) is 0.349. The molecule has 0 saturated carbocycles. The van der Waals surface area contributed by atoms with Crippen LogP contribution in [0.4, 0.5) is 5.69 Å². The highest BCUT2D eigenvalue weighted by Crippen LogP contribution is 2.35. The molecule has 1 aliphatic rings. The third-order valence-corrected chi connectivity index (χ3v) is 8.55.